The van der Waals surface area contributed by atoms with Gasteiger partial charge in [-0.3, -0.25) is 0 Å². The van der Waals surface area contributed by atoms with Crippen molar-refractivity contribution in [2.24, 2.45) is 0 Å². The molecule has 1 fully saturated rings. The van der Waals surface area contributed by atoms with Crippen LogP contribution >= 0.6 is 11.8 Å². The topological polar surface area (TPSA) is 25.2 Å². The zero-order valence-corrected chi connectivity index (χ0v) is 12.2. The van der Waals surface area contributed by atoms with Crippen molar-refractivity contribution in [1.82, 2.24) is 5.32 Å². The fourth-order valence-corrected chi connectivity index (χ4v) is 4.23. The Hall–Kier alpha value is -0.930. The van der Waals surface area contributed by atoms with Crippen LogP contribution in [-0.2, 0) is 0 Å². The molecule has 3 heteroatoms. The quantitative estimate of drug-likeness (QED) is 0.877. The third-order valence-corrected chi connectivity index (χ3v) is 5.41. The second-order valence-corrected chi connectivity index (χ2v) is 6.60. The average molecular weight is 275 g/mol. The molecule has 0 saturated heterocycles. The van der Waals surface area contributed by atoms with Gasteiger partial charge in [0, 0.05) is 16.4 Å². The summed E-state index contributed by atoms with van der Waals surface area (Å²) in [5.41, 5.74) is 0.989. The first-order valence-electron chi connectivity index (χ1n) is 7.14. The molecular formula is C16H21NOS. The lowest BCUT2D eigenvalue weighted by molar-refractivity contribution is 0.479. The summed E-state index contributed by atoms with van der Waals surface area (Å²) in [6, 6.07) is 10.7. The largest absolute Gasteiger partial charge is 0.459 e. The molecule has 19 heavy (non-hydrogen) atoms. The van der Waals surface area contributed by atoms with Gasteiger partial charge in [0.05, 0.1) is 6.04 Å². The second-order valence-electron chi connectivity index (χ2n) is 5.27. The number of hydrogen-bond donors (Lipinski definition) is 1. The van der Waals surface area contributed by atoms with Gasteiger partial charge < -0.3 is 9.73 Å². The molecule has 0 aliphatic heterocycles. The van der Waals surface area contributed by atoms with Crippen LogP contribution in [0.5, 0.6) is 0 Å². The Morgan fingerprint density at radius 2 is 2.11 bits per heavy atom. The van der Waals surface area contributed by atoms with Crippen LogP contribution in [0.2, 0.25) is 0 Å². The van der Waals surface area contributed by atoms with Gasteiger partial charge in [0.25, 0.3) is 0 Å². The molecule has 0 amide bonds. The van der Waals surface area contributed by atoms with E-state index >= 15 is 0 Å². The maximum atomic E-state index is 5.96. The third kappa shape index (κ3) is 2.98. The van der Waals surface area contributed by atoms with E-state index in [1.165, 1.54) is 31.1 Å². The lowest BCUT2D eigenvalue weighted by Gasteiger charge is -2.16. The zero-order chi connectivity index (χ0) is 13.1. The normalized spacial score (nSPS) is 18.2. The van der Waals surface area contributed by atoms with Gasteiger partial charge in [0.2, 0.25) is 0 Å². The highest BCUT2D eigenvalue weighted by atomic mass is 32.2. The van der Waals surface area contributed by atoms with Crippen LogP contribution in [0.4, 0.5) is 0 Å². The fourth-order valence-electron chi connectivity index (χ4n) is 2.77. The van der Waals surface area contributed by atoms with Crippen molar-refractivity contribution in [1.29, 1.82) is 0 Å². The zero-order valence-electron chi connectivity index (χ0n) is 11.4. The Balaban J connectivity index is 1.69. The summed E-state index contributed by atoms with van der Waals surface area (Å²) < 4.78 is 5.96. The summed E-state index contributed by atoms with van der Waals surface area (Å²) >= 11 is 2.10. The average Bonchev–Trinajstić information content (AvgIpc) is 3.08. The fraction of sp³-hybridized carbons (Fsp3) is 0.500. The second kappa shape index (κ2) is 6.02. The number of fused-ring (bicyclic) bond motifs is 1. The van der Waals surface area contributed by atoms with Gasteiger partial charge in [0.1, 0.15) is 11.3 Å². The van der Waals surface area contributed by atoms with Crippen molar-refractivity contribution in [2.75, 3.05) is 12.8 Å². The van der Waals surface area contributed by atoms with Gasteiger partial charge in [-0.25, -0.2) is 0 Å². The Morgan fingerprint density at radius 3 is 2.84 bits per heavy atom. The van der Waals surface area contributed by atoms with Crippen LogP contribution < -0.4 is 5.32 Å². The van der Waals surface area contributed by atoms with Crippen LogP contribution in [-0.4, -0.2) is 18.1 Å². The standard InChI is InChI=1S/C16H21NOS/c1-17-14(11-19-13-7-3-4-8-13)16-10-12-6-2-5-9-15(12)18-16/h2,5-6,9-10,13-14,17H,3-4,7-8,11H2,1H3. The summed E-state index contributed by atoms with van der Waals surface area (Å²) in [6.07, 6.45) is 5.60. The van der Waals surface area contributed by atoms with Gasteiger partial charge >= 0.3 is 0 Å². The van der Waals surface area contributed by atoms with E-state index in [1.807, 2.05) is 19.2 Å². The Kier molecular flexibility index (Phi) is 4.14. The number of rotatable bonds is 5. The van der Waals surface area contributed by atoms with Gasteiger partial charge in [-0.2, -0.15) is 11.8 Å². The van der Waals surface area contributed by atoms with Crippen LogP contribution in [0.3, 0.4) is 0 Å². The van der Waals surface area contributed by atoms with E-state index in [0.29, 0.717) is 6.04 Å². The number of benzene rings is 1. The molecule has 102 valence electrons. The summed E-state index contributed by atoms with van der Waals surface area (Å²) in [7, 11) is 2.02. The Labute approximate surface area is 118 Å². The number of hydrogen-bond acceptors (Lipinski definition) is 3. The lowest BCUT2D eigenvalue weighted by atomic mass is 10.2. The maximum absolute atomic E-state index is 5.96. The lowest BCUT2D eigenvalue weighted by Crippen LogP contribution is -2.19. The smallest absolute Gasteiger partial charge is 0.134 e. The molecule has 1 N–H and O–H groups in total. The molecule has 0 bridgehead atoms. The molecule has 1 saturated carbocycles. The van der Waals surface area contributed by atoms with E-state index in [4.69, 9.17) is 4.42 Å². The van der Waals surface area contributed by atoms with Crippen molar-refractivity contribution in [3.8, 4) is 0 Å². The number of para-hydroxylation sites is 1. The Morgan fingerprint density at radius 1 is 1.32 bits per heavy atom. The highest BCUT2D eigenvalue weighted by Crippen LogP contribution is 2.33. The first-order chi connectivity index (χ1) is 9.36. The minimum Gasteiger partial charge on any atom is -0.459 e. The molecule has 1 unspecified atom stereocenters. The van der Waals surface area contributed by atoms with E-state index in [-0.39, 0.29) is 0 Å². The van der Waals surface area contributed by atoms with Crippen LogP contribution in [0.1, 0.15) is 37.5 Å². The molecule has 0 spiro atoms. The first-order valence-corrected chi connectivity index (χ1v) is 8.19. The molecule has 0 radical (unpaired) electrons. The monoisotopic (exact) mass is 275 g/mol. The van der Waals surface area contributed by atoms with Gasteiger partial charge in [0.15, 0.2) is 0 Å². The molecular weight excluding hydrogens is 254 g/mol. The number of thioether (sulfide) groups is 1. The highest BCUT2D eigenvalue weighted by Gasteiger charge is 2.20. The van der Waals surface area contributed by atoms with Gasteiger partial charge in [-0.15, -0.1) is 0 Å². The number of furan rings is 1. The molecule has 3 rings (SSSR count). The number of nitrogens with one attached hydrogen (secondary N) is 1. The van der Waals surface area contributed by atoms with Crippen LogP contribution in [0.15, 0.2) is 34.7 Å². The predicted molar refractivity (Wildman–Crippen MR) is 82.7 cm³/mol. The van der Waals surface area contributed by atoms with Crippen molar-refractivity contribution in [3.05, 3.63) is 36.1 Å². The molecule has 1 aliphatic rings. The minimum absolute atomic E-state index is 0.318. The van der Waals surface area contributed by atoms with E-state index in [1.54, 1.807) is 0 Å². The molecule has 1 atom stereocenters. The Bertz CT molecular complexity index is 497. The molecule has 2 nitrogen and oxygen atoms in total. The van der Waals surface area contributed by atoms with Gasteiger partial charge in [-0.05, 0) is 32.0 Å². The van der Waals surface area contributed by atoms with E-state index < -0.39 is 0 Å². The summed E-state index contributed by atoms with van der Waals surface area (Å²) in [4.78, 5) is 0. The van der Waals surface area contributed by atoms with Crippen molar-refractivity contribution >= 4 is 22.7 Å². The molecule has 1 aliphatic carbocycles. The summed E-state index contributed by atoms with van der Waals surface area (Å²) in [5.74, 6) is 2.16. The van der Waals surface area contributed by atoms with E-state index in [2.05, 4.69) is 35.3 Å². The van der Waals surface area contributed by atoms with E-state index in [0.717, 1.165) is 22.3 Å². The molecule has 1 aromatic heterocycles. The predicted octanol–water partition coefficient (Wildman–Crippen LogP) is 4.37. The SMILES string of the molecule is CNC(CSC1CCCC1)c1cc2ccccc2o1. The van der Waals surface area contributed by atoms with Crippen molar-refractivity contribution in [2.45, 2.75) is 37.0 Å². The third-order valence-electron chi connectivity index (χ3n) is 3.94. The summed E-state index contributed by atoms with van der Waals surface area (Å²) in [5, 5.41) is 5.45. The minimum atomic E-state index is 0.318. The van der Waals surface area contributed by atoms with Crippen LogP contribution in [0.25, 0.3) is 11.0 Å². The van der Waals surface area contributed by atoms with Crippen molar-refractivity contribution < 1.29 is 4.42 Å². The van der Waals surface area contributed by atoms with Gasteiger partial charge in [-0.1, -0.05) is 31.0 Å². The summed E-state index contributed by atoms with van der Waals surface area (Å²) in [6.45, 7) is 0. The molecule has 1 aromatic carbocycles. The van der Waals surface area contributed by atoms with Crippen LogP contribution in [0, 0.1) is 0 Å². The highest BCUT2D eigenvalue weighted by molar-refractivity contribution is 7.99. The first kappa shape index (κ1) is 13.1. The van der Waals surface area contributed by atoms with E-state index in [9.17, 15) is 0 Å². The molecule has 2 aromatic rings. The maximum Gasteiger partial charge on any atom is 0.134 e. The van der Waals surface area contributed by atoms with Crippen molar-refractivity contribution in [3.63, 3.8) is 0 Å². The molecule has 1 heterocycles.